The third kappa shape index (κ3) is 0.877. The lowest BCUT2D eigenvalue weighted by Gasteiger charge is -1.95. The van der Waals surface area contributed by atoms with Crippen LogP contribution in [-0.2, 0) is 4.79 Å². The van der Waals surface area contributed by atoms with E-state index in [0.29, 0.717) is 0 Å². The van der Waals surface area contributed by atoms with Gasteiger partial charge in [-0.05, 0) is 0 Å². The molecule has 5 heteroatoms. The summed E-state index contributed by atoms with van der Waals surface area (Å²) in [5, 5.41) is -0.227. The van der Waals surface area contributed by atoms with Gasteiger partial charge in [0.15, 0.2) is 0 Å². The molecule has 0 aromatic rings. The first-order valence-corrected chi connectivity index (χ1v) is 3.57. The van der Waals surface area contributed by atoms with Crippen LogP contribution in [0.3, 0.4) is 0 Å². The lowest BCUT2D eigenvalue weighted by Crippen LogP contribution is -2.15. The molecule has 0 atom stereocenters. The molecule has 0 saturated carbocycles. The number of halogens is 1. The minimum Gasteiger partial charge on any atom is -0.273 e. The molecule has 44 valence electrons. The number of nitrogens with zero attached hydrogens (tertiary/aromatic N) is 1. The van der Waals surface area contributed by atoms with Crippen molar-refractivity contribution in [2.24, 2.45) is 0 Å². The number of imide groups is 1. The molecular weight excluding hydrogens is 194 g/mol. The van der Waals surface area contributed by atoms with Crippen molar-refractivity contribution in [3.05, 3.63) is 0 Å². The zero-order chi connectivity index (χ0) is 6.15. The molecule has 0 radical (unpaired) electrons. The largest absolute Gasteiger partial charge is 0.299 e. The van der Waals surface area contributed by atoms with E-state index in [1.807, 2.05) is 0 Å². The zero-order valence-electron chi connectivity index (χ0n) is 3.76. The van der Waals surface area contributed by atoms with E-state index in [0.717, 1.165) is 15.7 Å². The van der Waals surface area contributed by atoms with Crippen LogP contribution in [0.5, 0.6) is 0 Å². The maximum Gasteiger partial charge on any atom is 0.299 e. The normalized spacial score (nSPS) is 20.4. The van der Waals surface area contributed by atoms with E-state index in [-0.39, 0.29) is 16.9 Å². The van der Waals surface area contributed by atoms with Crippen LogP contribution in [-0.4, -0.2) is 20.8 Å². The highest BCUT2D eigenvalue weighted by atomic mass is 79.9. The number of thioether (sulfide) groups is 1. The predicted octanol–water partition coefficient (Wildman–Crippen LogP) is 0.992. The topological polar surface area (TPSA) is 37.4 Å². The average Bonchev–Trinajstić information content (AvgIpc) is 1.98. The number of hydrogen-bond acceptors (Lipinski definition) is 3. The second kappa shape index (κ2) is 2.06. The molecule has 1 saturated heterocycles. The Kier molecular flexibility index (Phi) is 1.57. The van der Waals surface area contributed by atoms with Crippen LogP contribution in [0.25, 0.3) is 0 Å². The fourth-order valence-corrected chi connectivity index (χ4v) is 1.53. The van der Waals surface area contributed by atoms with E-state index in [2.05, 4.69) is 16.1 Å². The van der Waals surface area contributed by atoms with Gasteiger partial charge in [-0.25, -0.2) is 3.93 Å². The summed E-state index contributed by atoms with van der Waals surface area (Å²) in [7, 11) is 0. The van der Waals surface area contributed by atoms with Gasteiger partial charge in [-0.15, -0.1) is 0 Å². The molecule has 0 aromatic carbocycles. The summed E-state index contributed by atoms with van der Waals surface area (Å²) in [5.41, 5.74) is 0. The molecule has 1 heterocycles. The van der Waals surface area contributed by atoms with Crippen LogP contribution in [0.2, 0.25) is 0 Å². The van der Waals surface area contributed by atoms with Gasteiger partial charge < -0.3 is 0 Å². The maximum atomic E-state index is 10.4. The number of carbonyl (C=O) groups is 2. The molecule has 2 amide bonds. The number of carbonyl (C=O) groups excluding carboxylic acids is 2. The molecule has 3 nitrogen and oxygen atoms in total. The van der Waals surface area contributed by atoms with Crippen molar-refractivity contribution >= 4 is 39.1 Å². The van der Waals surface area contributed by atoms with Gasteiger partial charge in [-0.1, -0.05) is 11.8 Å². The molecular formula is C3H2BrNO2S. The lowest BCUT2D eigenvalue weighted by molar-refractivity contribution is -0.120. The number of amides is 2. The standard InChI is InChI=1S/C3H2BrNO2S/c4-5-2(6)1-8-3(5)7/h1H2. The Hall–Kier alpha value is -0.0300. The first-order chi connectivity index (χ1) is 3.72. The Labute approximate surface area is 58.7 Å². The van der Waals surface area contributed by atoms with Crippen LogP contribution in [0.4, 0.5) is 4.79 Å². The Morgan fingerprint density at radius 3 is 2.38 bits per heavy atom. The highest BCUT2D eigenvalue weighted by Gasteiger charge is 2.27. The van der Waals surface area contributed by atoms with Crippen LogP contribution in [0, 0.1) is 0 Å². The monoisotopic (exact) mass is 195 g/mol. The lowest BCUT2D eigenvalue weighted by atomic mass is 10.7. The Bertz CT molecular complexity index is 132. The van der Waals surface area contributed by atoms with Crippen LogP contribution < -0.4 is 0 Å². The van der Waals surface area contributed by atoms with Gasteiger partial charge in [0.25, 0.3) is 11.1 Å². The van der Waals surface area contributed by atoms with E-state index in [1.54, 1.807) is 0 Å². The van der Waals surface area contributed by atoms with Gasteiger partial charge in [0.2, 0.25) is 0 Å². The highest BCUT2D eigenvalue weighted by molar-refractivity contribution is 9.08. The summed E-state index contributed by atoms with van der Waals surface area (Å²) >= 11 is 3.79. The molecule has 1 aliphatic rings. The molecule has 0 aliphatic carbocycles. The van der Waals surface area contributed by atoms with Gasteiger partial charge in [-0.2, -0.15) is 0 Å². The summed E-state index contributed by atoms with van der Waals surface area (Å²) < 4.78 is 0.942. The first-order valence-electron chi connectivity index (χ1n) is 1.87. The second-order valence-electron chi connectivity index (χ2n) is 1.23. The van der Waals surface area contributed by atoms with Gasteiger partial charge in [0.1, 0.15) is 0 Å². The molecule has 8 heavy (non-hydrogen) atoms. The van der Waals surface area contributed by atoms with Crippen molar-refractivity contribution in [1.29, 1.82) is 0 Å². The smallest absolute Gasteiger partial charge is 0.273 e. The molecule has 0 bridgehead atoms. The fraction of sp³-hybridized carbons (Fsp3) is 0.333. The van der Waals surface area contributed by atoms with Gasteiger partial charge in [0, 0.05) is 0 Å². The molecule has 0 unspecified atom stereocenters. The Morgan fingerprint density at radius 1 is 1.62 bits per heavy atom. The van der Waals surface area contributed by atoms with Gasteiger partial charge in [0.05, 0.1) is 21.9 Å². The van der Waals surface area contributed by atoms with Crippen molar-refractivity contribution in [1.82, 2.24) is 3.93 Å². The summed E-state index contributed by atoms with van der Waals surface area (Å²) in [4.78, 5) is 20.8. The summed E-state index contributed by atoms with van der Waals surface area (Å²) in [6.45, 7) is 0. The van der Waals surface area contributed by atoms with Crippen molar-refractivity contribution < 1.29 is 9.59 Å². The third-order valence-electron chi connectivity index (χ3n) is 0.698. The third-order valence-corrected chi connectivity index (χ3v) is 2.47. The fourth-order valence-electron chi connectivity index (χ4n) is 0.339. The van der Waals surface area contributed by atoms with Crippen LogP contribution in [0.1, 0.15) is 0 Å². The number of rotatable bonds is 0. The molecule has 1 fully saturated rings. The average molecular weight is 196 g/mol. The summed E-state index contributed by atoms with van der Waals surface area (Å²) in [5.74, 6) is 0.0874. The highest BCUT2D eigenvalue weighted by Crippen LogP contribution is 2.21. The predicted molar refractivity (Wildman–Crippen MR) is 33.6 cm³/mol. The number of hydrogen-bond donors (Lipinski definition) is 0. The zero-order valence-corrected chi connectivity index (χ0v) is 6.16. The van der Waals surface area contributed by atoms with Crippen LogP contribution >= 0.6 is 27.9 Å². The molecule has 1 aliphatic heterocycles. The van der Waals surface area contributed by atoms with Crippen molar-refractivity contribution in [2.45, 2.75) is 0 Å². The SMILES string of the molecule is O=C1CSC(=O)N1Br. The van der Waals surface area contributed by atoms with E-state index >= 15 is 0 Å². The van der Waals surface area contributed by atoms with Gasteiger partial charge in [-0.3, -0.25) is 9.59 Å². The second-order valence-corrected chi connectivity index (χ2v) is 2.87. The van der Waals surface area contributed by atoms with E-state index < -0.39 is 0 Å². The van der Waals surface area contributed by atoms with Crippen LogP contribution in [0.15, 0.2) is 0 Å². The molecule has 0 aromatic heterocycles. The summed E-state index contributed by atoms with van der Waals surface area (Å²) in [6, 6.07) is 0. The van der Waals surface area contributed by atoms with Crippen molar-refractivity contribution in [3.8, 4) is 0 Å². The quantitative estimate of drug-likeness (QED) is 0.542. The van der Waals surface area contributed by atoms with Crippen molar-refractivity contribution in [2.75, 3.05) is 5.75 Å². The summed E-state index contributed by atoms with van der Waals surface area (Å²) in [6.07, 6.45) is 0. The molecule has 1 rings (SSSR count). The van der Waals surface area contributed by atoms with E-state index in [4.69, 9.17) is 0 Å². The molecule has 0 spiro atoms. The first kappa shape index (κ1) is 6.10. The molecule has 0 N–H and O–H groups in total. The Morgan fingerprint density at radius 2 is 2.25 bits per heavy atom. The van der Waals surface area contributed by atoms with E-state index in [1.165, 1.54) is 0 Å². The minimum atomic E-state index is -0.227. The maximum absolute atomic E-state index is 10.4. The Balaban J connectivity index is 2.70. The van der Waals surface area contributed by atoms with Gasteiger partial charge >= 0.3 is 0 Å². The van der Waals surface area contributed by atoms with Crippen molar-refractivity contribution in [3.63, 3.8) is 0 Å². The van der Waals surface area contributed by atoms with E-state index in [9.17, 15) is 9.59 Å². The minimum absolute atomic E-state index is 0.181.